The molecule has 3 aliphatic heterocycles. The average Bonchev–Trinajstić information content (AvgIpc) is 3.82. The van der Waals surface area contributed by atoms with E-state index in [0.717, 1.165) is 80.1 Å². The van der Waals surface area contributed by atoms with Gasteiger partial charge in [0, 0.05) is 40.4 Å². The minimum absolute atomic E-state index is 0.0761. The Kier molecular flexibility index (Phi) is 8.24. The van der Waals surface area contributed by atoms with E-state index in [1.54, 1.807) is 0 Å². The number of nitrogens with one attached hydrogen (secondary N) is 1. The Morgan fingerprint density at radius 1 is 0.722 bits per heavy atom. The van der Waals surface area contributed by atoms with Crippen molar-refractivity contribution in [2.45, 2.75) is 101 Å². The van der Waals surface area contributed by atoms with Crippen molar-refractivity contribution in [1.82, 2.24) is 5.32 Å². The van der Waals surface area contributed by atoms with Crippen LogP contribution < -0.4 is 10.1 Å². The predicted molar refractivity (Wildman–Crippen MR) is 217 cm³/mol. The van der Waals surface area contributed by atoms with Gasteiger partial charge < -0.3 is 14.8 Å². The lowest BCUT2D eigenvalue weighted by Crippen LogP contribution is -2.38. The molecule has 1 N–H and O–H groups in total. The summed E-state index contributed by atoms with van der Waals surface area (Å²) in [6.45, 7) is 0. The highest BCUT2D eigenvalue weighted by Crippen LogP contribution is 2.53. The molecule has 54 heavy (non-hydrogen) atoms. The maximum absolute atomic E-state index is 6.80. The fourth-order valence-corrected chi connectivity index (χ4v) is 11.2. The zero-order valence-electron chi connectivity index (χ0n) is 31.2. The molecule has 7 aliphatic carbocycles. The average molecular weight is 714 g/mol. The van der Waals surface area contributed by atoms with Gasteiger partial charge in [0.15, 0.2) is 12.0 Å². The van der Waals surface area contributed by atoms with E-state index in [1.165, 1.54) is 59.1 Å². The van der Waals surface area contributed by atoms with Gasteiger partial charge in [-0.15, -0.1) is 0 Å². The van der Waals surface area contributed by atoms with E-state index in [0.29, 0.717) is 29.8 Å². The molecule has 0 radical (unpaired) electrons. The summed E-state index contributed by atoms with van der Waals surface area (Å²) in [5.74, 6) is 6.20. The van der Waals surface area contributed by atoms with Crippen molar-refractivity contribution in [3.8, 4) is 5.75 Å². The number of hydrogen-bond donors (Lipinski definition) is 1. The summed E-state index contributed by atoms with van der Waals surface area (Å²) in [6, 6.07) is 6.78. The van der Waals surface area contributed by atoms with Crippen molar-refractivity contribution in [3.05, 3.63) is 148 Å². The van der Waals surface area contributed by atoms with Crippen LogP contribution in [0.15, 0.2) is 147 Å². The first-order valence-electron chi connectivity index (χ1n) is 21.1. The van der Waals surface area contributed by atoms with Gasteiger partial charge in [-0.25, -0.2) is 9.98 Å². The van der Waals surface area contributed by atoms with Gasteiger partial charge in [-0.2, -0.15) is 0 Å². The van der Waals surface area contributed by atoms with Crippen LogP contribution in [0.2, 0.25) is 0 Å². The molecular weight excluding hydrogens is 663 g/mol. The van der Waals surface area contributed by atoms with Crippen molar-refractivity contribution < 1.29 is 9.47 Å². The van der Waals surface area contributed by atoms with E-state index >= 15 is 0 Å². The molecule has 0 spiro atoms. The maximum atomic E-state index is 6.80. The number of hydrogen-bond acceptors (Lipinski definition) is 5. The number of amidine groups is 2. The highest BCUT2D eigenvalue weighted by Gasteiger charge is 2.45. The summed E-state index contributed by atoms with van der Waals surface area (Å²) < 4.78 is 13.5. The van der Waals surface area contributed by atoms with Gasteiger partial charge in [0.25, 0.3) is 0 Å². The van der Waals surface area contributed by atoms with Crippen LogP contribution in [0, 0.1) is 29.6 Å². The number of benzene rings is 1. The Bertz CT molecular complexity index is 2130. The number of para-hydroxylation sites is 1. The van der Waals surface area contributed by atoms with Crippen LogP contribution in [0.5, 0.6) is 5.75 Å². The Labute approximate surface area is 320 Å². The van der Waals surface area contributed by atoms with Crippen LogP contribution in [-0.2, 0) is 4.74 Å². The van der Waals surface area contributed by atoms with Crippen LogP contribution in [0.25, 0.3) is 0 Å². The number of rotatable bonds is 5. The van der Waals surface area contributed by atoms with Gasteiger partial charge in [-0.3, -0.25) is 0 Å². The molecule has 5 heteroatoms. The summed E-state index contributed by atoms with van der Waals surface area (Å²) in [6.07, 6.45) is 47.1. The molecular formula is C49H51N3O2. The van der Waals surface area contributed by atoms with E-state index in [9.17, 15) is 0 Å². The number of nitrogens with zero attached hydrogens (tertiary/aromatic N) is 2. The molecule has 0 aromatic heterocycles. The first-order valence-corrected chi connectivity index (χ1v) is 21.1. The monoisotopic (exact) mass is 713 g/mol. The molecule has 1 fully saturated rings. The minimum Gasteiger partial charge on any atom is -0.489 e. The third-order valence-electron chi connectivity index (χ3n) is 13.9. The summed E-state index contributed by atoms with van der Waals surface area (Å²) in [7, 11) is 0. The van der Waals surface area contributed by atoms with E-state index in [-0.39, 0.29) is 24.1 Å². The van der Waals surface area contributed by atoms with E-state index in [1.807, 2.05) is 0 Å². The Morgan fingerprint density at radius 3 is 2.59 bits per heavy atom. The van der Waals surface area contributed by atoms with Crippen LogP contribution in [0.3, 0.4) is 0 Å². The quantitative estimate of drug-likeness (QED) is 0.309. The number of fused-ring (bicyclic) bond motifs is 6. The maximum Gasteiger partial charge on any atom is 0.158 e. The molecule has 0 bridgehead atoms. The second-order valence-electron chi connectivity index (χ2n) is 16.9. The molecule has 274 valence electrons. The zero-order valence-corrected chi connectivity index (χ0v) is 31.2. The lowest BCUT2D eigenvalue weighted by molar-refractivity contribution is 0.162. The molecule has 10 aliphatic rings. The Balaban J connectivity index is 0.954. The van der Waals surface area contributed by atoms with Crippen molar-refractivity contribution in [1.29, 1.82) is 0 Å². The van der Waals surface area contributed by atoms with E-state index in [2.05, 4.69) is 109 Å². The van der Waals surface area contributed by atoms with Crippen molar-refractivity contribution in [2.75, 3.05) is 0 Å². The van der Waals surface area contributed by atoms with Crippen molar-refractivity contribution >= 4 is 11.7 Å². The third-order valence-corrected chi connectivity index (χ3v) is 13.9. The number of ether oxygens (including phenoxy) is 2. The highest BCUT2D eigenvalue weighted by atomic mass is 16.5. The van der Waals surface area contributed by atoms with Gasteiger partial charge >= 0.3 is 0 Å². The van der Waals surface area contributed by atoms with Crippen LogP contribution in [0.4, 0.5) is 0 Å². The van der Waals surface area contributed by atoms with Gasteiger partial charge in [-0.1, -0.05) is 103 Å². The molecule has 3 heterocycles. The normalized spacial score (nSPS) is 35.7. The Hall–Kier alpha value is -4.64. The predicted octanol–water partition coefficient (Wildman–Crippen LogP) is 10.9. The second-order valence-corrected chi connectivity index (χ2v) is 16.9. The molecule has 1 aromatic rings. The first kappa shape index (κ1) is 32.8. The molecule has 0 saturated heterocycles. The fraction of sp³-hybridized carbons (Fsp3) is 0.429. The van der Waals surface area contributed by atoms with Crippen molar-refractivity contribution in [3.63, 3.8) is 0 Å². The fourth-order valence-electron chi connectivity index (χ4n) is 11.2. The van der Waals surface area contributed by atoms with E-state index < -0.39 is 0 Å². The second kappa shape index (κ2) is 13.6. The zero-order chi connectivity index (χ0) is 35.6. The smallest absolute Gasteiger partial charge is 0.158 e. The van der Waals surface area contributed by atoms with Crippen LogP contribution in [0.1, 0.15) is 100 Å². The molecule has 1 saturated carbocycles. The number of allylic oxidation sites excluding steroid dienone is 13. The largest absolute Gasteiger partial charge is 0.489 e. The van der Waals surface area contributed by atoms with Gasteiger partial charge in [0.05, 0.1) is 0 Å². The van der Waals surface area contributed by atoms with Crippen LogP contribution >= 0.6 is 0 Å². The minimum atomic E-state index is -0.229. The lowest BCUT2D eigenvalue weighted by atomic mass is 9.64. The number of aliphatic imine (C=N–C) groups is 2. The summed E-state index contributed by atoms with van der Waals surface area (Å²) in [5.41, 5.74) is 9.45. The molecule has 0 amide bonds. The topological polar surface area (TPSA) is 55.2 Å². The third kappa shape index (κ3) is 5.56. The lowest BCUT2D eigenvalue weighted by Gasteiger charge is -2.39. The van der Waals surface area contributed by atoms with Gasteiger partial charge in [0.2, 0.25) is 0 Å². The highest BCUT2D eigenvalue weighted by molar-refractivity contribution is 6.10. The van der Waals surface area contributed by atoms with E-state index in [4.69, 9.17) is 19.5 Å². The van der Waals surface area contributed by atoms with Crippen molar-refractivity contribution in [2.24, 2.45) is 39.6 Å². The molecule has 9 atom stereocenters. The molecule has 9 unspecified atom stereocenters. The summed E-state index contributed by atoms with van der Waals surface area (Å²) in [5, 5.41) is 3.85. The summed E-state index contributed by atoms with van der Waals surface area (Å²) >= 11 is 0. The Morgan fingerprint density at radius 2 is 1.67 bits per heavy atom. The first-order chi connectivity index (χ1) is 26.8. The molecule has 5 nitrogen and oxygen atoms in total. The standard InChI is InChI=1S/C49H51N3O2/c1-3-13-30(14-4-1)32-25-28-43-41(29-32)45-37(20-12-24-44(45)53-43)35-26-27-39(34-18-8-7-17-33(34)35)48-50-47(31-15-5-2-6-16-31)51-49(52-48)40-22-11-21-38-36-19-9-10-23-42(36)54-46(38)40/h3,5,7,11-15,17,21-22,24-29,31,33,35-37,41-43,49H,1-2,4,6,8-10,16,18-20,23H2,(H,50,51,52). The van der Waals surface area contributed by atoms with Gasteiger partial charge in [-0.05, 0) is 111 Å². The van der Waals surface area contributed by atoms with Gasteiger partial charge in [0.1, 0.15) is 29.6 Å². The SMILES string of the molecule is C1=CC(C2=CC3C4=C(C=CCC4C4C=CC(C5=NC(c6cccc7c6OC6CCCCC76)NC(C6C=CCCC6)=N5)=C5CCC=CC54)OC3C=C2)=CCC1. The molecule has 11 rings (SSSR count). The van der Waals surface area contributed by atoms with Crippen LogP contribution in [-0.4, -0.2) is 23.9 Å². The molecule has 1 aromatic carbocycles. The summed E-state index contributed by atoms with van der Waals surface area (Å²) in [4.78, 5) is 10.9.